The van der Waals surface area contributed by atoms with E-state index in [1.807, 2.05) is 18.2 Å². The first kappa shape index (κ1) is 16.6. The van der Waals surface area contributed by atoms with Crippen LogP contribution in [-0.4, -0.2) is 27.3 Å². The molecule has 0 atom stereocenters. The fourth-order valence-corrected chi connectivity index (χ4v) is 2.82. The molecule has 6 nitrogen and oxygen atoms in total. The van der Waals surface area contributed by atoms with Crippen molar-refractivity contribution in [2.75, 3.05) is 21.3 Å². The van der Waals surface area contributed by atoms with E-state index in [4.69, 9.17) is 14.2 Å². The van der Waals surface area contributed by atoms with E-state index in [2.05, 4.69) is 0 Å². The van der Waals surface area contributed by atoms with Crippen molar-refractivity contribution in [2.24, 2.45) is 0 Å². The van der Waals surface area contributed by atoms with E-state index < -0.39 is 5.97 Å². The summed E-state index contributed by atoms with van der Waals surface area (Å²) < 4.78 is 16.3. The lowest BCUT2D eigenvalue weighted by atomic mass is 9.93. The molecule has 128 valence electrons. The van der Waals surface area contributed by atoms with E-state index >= 15 is 0 Å². The summed E-state index contributed by atoms with van der Waals surface area (Å²) in [6, 6.07) is 10.5. The van der Waals surface area contributed by atoms with Crippen LogP contribution in [0.1, 0.15) is 10.4 Å². The Hall–Kier alpha value is -3.28. The van der Waals surface area contributed by atoms with Crippen molar-refractivity contribution in [1.82, 2.24) is 0 Å². The number of fused-ring (bicyclic) bond motifs is 1. The molecule has 2 aromatic carbocycles. The number of hydrogen-bond acceptors (Lipinski definition) is 5. The zero-order chi connectivity index (χ0) is 18.0. The molecule has 0 aliphatic rings. The predicted molar refractivity (Wildman–Crippen MR) is 92.8 cm³/mol. The first-order chi connectivity index (χ1) is 12.1. The summed E-state index contributed by atoms with van der Waals surface area (Å²) >= 11 is 0. The standard InChI is InChI=1S/C19H17NO5/c1-23-16-10-13-4-5-14(19(21)25-3)18(15(13)11-17(16)24-2)12-6-8-20(22)9-7-12/h4-11H,1-3H3. The van der Waals surface area contributed by atoms with Gasteiger partial charge in [-0.2, -0.15) is 4.73 Å². The molecular formula is C19H17NO5. The molecule has 0 saturated carbocycles. The minimum Gasteiger partial charge on any atom is -0.619 e. The minimum atomic E-state index is -0.453. The van der Waals surface area contributed by atoms with Crippen molar-refractivity contribution in [1.29, 1.82) is 0 Å². The smallest absolute Gasteiger partial charge is 0.338 e. The van der Waals surface area contributed by atoms with Gasteiger partial charge in [0.25, 0.3) is 0 Å². The van der Waals surface area contributed by atoms with Crippen LogP contribution < -0.4 is 14.2 Å². The van der Waals surface area contributed by atoms with Crippen LogP contribution >= 0.6 is 0 Å². The van der Waals surface area contributed by atoms with E-state index in [1.165, 1.54) is 19.5 Å². The van der Waals surface area contributed by atoms with Crippen molar-refractivity contribution in [3.63, 3.8) is 0 Å². The van der Waals surface area contributed by atoms with Crippen molar-refractivity contribution in [3.8, 4) is 22.6 Å². The summed E-state index contributed by atoms with van der Waals surface area (Å²) in [5.41, 5.74) is 1.81. The number of rotatable bonds is 4. The molecule has 0 radical (unpaired) electrons. The number of carbonyl (C=O) groups is 1. The molecule has 1 aromatic heterocycles. The number of hydrogen-bond donors (Lipinski definition) is 0. The molecule has 6 heteroatoms. The van der Waals surface area contributed by atoms with Crippen LogP contribution in [0.3, 0.4) is 0 Å². The molecule has 3 aromatic rings. The van der Waals surface area contributed by atoms with Crippen LogP contribution in [0.15, 0.2) is 48.8 Å². The Balaban J connectivity index is 2.38. The number of methoxy groups -OCH3 is 3. The molecule has 0 N–H and O–H groups in total. The van der Waals surface area contributed by atoms with E-state index in [1.54, 1.807) is 32.4 Å². The number of pyridine rings is 1. The molecule has 3 rings (SSSR count). The van der Waals surface area contributed by atoms with Crippen LogP contribution in [0.4, 0.5) is 0 Å². The van der Waals surface area contributed by atoms with E-state index in [-0.39, 0.29) is 0 Å². The van der Waals surface area contributed by atoms with Crippen LogP contribution in [-0.2, 0) is 4.74 Å². The Labute approximate surface area is 144 Å². The van der Waals surface area contributed by atoms with Gasteiger partial charge in [-0.1, -0.05) is 6.07 Å². The van der Waals surface area contributed by atoms with Gasteiger partial charge in [-0.3, -0.25) is 0 Å². The van der Waals surface area contributed by atoms with Gasteiger partial charge in [-0.25, -0.2) is 4.79 Å². The lowest BCUT2D eigenvalue weighted by molar-refractivity contribution is -0.605. The Bertz CT molecular complexity index is 935. The van der Waals surface area contributed by atoms with Crippen LogP contribution in [0, 0.1) is 5.21 Å². The lowest BCUT2D eigenvalue weighted by Crippen LogP contribution is -2.23. The van der Waals surface area contributed by atoms with Gasteiger partial charge in [0.1, 0.15) is 0 Å². The highest BCUT2D eigenvalue weighted by Gasteiger charge is 2.19. The maximum atomic E-state index is 12.3. The first-order valence-electron chi connectivity index (χ1n) is 7.55. The van der Waals surface area contributed by atoms with Gasteiger partial charge in [-0.05, 0) is 34.5 Å². The fraction of sp³-hybridized carbons (Fsp3) is 0.158. The highest BCUT2D eigenvalue weighted by Crippen LogP contribution is 2.38. The average Bonchev–Trinajstić information content (AvgIpc) is 2.66. The molecule has 1 heterocycles. The number of carbonyl (C=O) groups excluding carboxylic acids is 1. The molecule has 0 bridgehead atoms. The fourth-order valence-electron chi connectivity index (χ4n) is 2.82. The van der Waals surface area contributed by atoms with Gasteiger partial charge in [0.2, 0.25) is 0 Å². The molecule has 0 fully saturated rings. The Morgan fingerprint density at radius 2 is 1.60 bits per heavy atom. The Morgan fingerprint density at radius 1 is 0.960 bits per heavy atom. The predicted octanol–water partition coefficient (Wildman–Crippen LogP) is 2.94. The van der Waals surface area contributed by atoms with Crippen molar-refractivity contribution >= 4 is 16.7 Å². The van der Waals surface area contributed by atoms with Gasteiger partial charge in [0.05, 0.1) is 26.9 Å². The average molecular weight is 339 g/mol. The summed E-state index contributed by atoms with van der Waals surface area (Å²) in [5, 5.41) is 13.0. The highest BCUT2D eigenvalue weighted by atomic mass is 16.5. The second kappa shape index (κ2) is 6.68. The Morgan fingerprint density at radius 3 is 2.20 bits per heavy atom. The highest BCUT2D eigenvalue weighted by molar-refractivity contribution is 6.08. The summed E-state index contributed by atoms with van der Waals surface area (Å²) in [4.78, 5) is 12.3. The molecule has 0 unspecified atom stereocenters. The molecule has 0 aliphatic carbocycles. The largest absolute Gasteiger partial charge is 0.619 e. The van der Waals surface area contributed by atoms with Gasteiger partial charge < -0.3 is 19.4 Å². The maximum absolute atomic E-state index is 12.3. The van der Waals surface area contributed by atoms with Crippen LogP contribution in [0.25, 0.3) is 21.9 Å². The third kappa shape index (κ3) is 2.94. The van der Waals surface area contributed by atoms with Gasteiger partial charge >= 0.3 is 5.97 Å². The van der Waals surface area contributed by atoms with Crippen LogP contribution in [0.2, 0.25) is 0 Å². The SMILES string of the molecule is COC(=O)c1ccc2cc(OC)c(OC)cc2c1-c1cc[n+]([O-])cc1. The minimum absolute atomic E-state index is 0.408. The summed E-state index contributed by atoms with van der Waals surface area (Å²) in [6.07, 6.45) is 2.77. The zero-order valence-electron chi connectivity index (χ0n) is 14.1. The van der Waals surface area contributed by atoms with Gasteiger partial charge in [0.15, 0.2) is 23.9 Å². The third-order valence-corrected chi connectivity index (χ3v) is 4.02. The monoisotopic (exact) mass is 339 g/mol. The maximum Gasteiger partial charge on any atom is 0.338 e. The van der Waals surface area contributed by atoms with Gasteiger partial charge in [0, 0.05) is 17.7 Å². The van der Waals surface area contributed by atoms with E-state index in [0.29, 0.717) is 27.4 Å². The Kier molecular flexibility index (Phi) is 4.43. The number of benzene rings is 2. The zero-order valence-corrected chi connectivity index (χ0v) is 14.1. The van der Waals surface area contributed by atoms with Crippen molar-refractivity contribution < 1.29 is 23.7 Å². The normalized spacial score (nSPS) is 10.5. The molecule has 0 spiro atoms. The van der Waals surface area contributed by atoms with Crippen molar-refractivity contribution in [2.45, 2.75) is 0 Å². The topological polar surface area (TPSA) is 71.7 Å². The second-order valence-corrected chi connectivity index (χ2v) is 5.35. The molecule has 0 aliphatic heterocycles. The van der Waals surface area contributed by atoms with E-state index in [9.17, 15) is 10.0 Å². The van der Waals surface area contributed by atoms with E-state index in [0.717, 1.165) is 16.3 Å². The van der Waals surface area contributed by atoms with Crippen molar-refractivity contribution in [3.05, 3.63) is 59.6 Å². The number of ether oxygens (including phenoxy) is 3. The molecule has 25 heavy (non-hydrogen) atoms. The second-order valence-electron chi connectivity index (χ2n) is 5.35. The van der Waals surface area contributed by atoms with Gasteiger partial charge in [-0.15, -0.1) is 0 Å². The summed E-state index contributed by atoms with van der Waals surface area (Å²) in [7, 11) is 4.45. The number of aromatic nitrogens is 1. The lowest BCUT2D eigenvalue weighted by Gasteiger charge is -2.15. The third-order valence-electron chi connectivity index (χ3n) is 4.02. The van der Waals surface area contributed by atoms with Crippen LogP contribution in [0.5, 0.6) is 11.5 Å². The number of nitrogens with zero attached hydrogens (tertiary/aromatic N) is 1. The summed E-state index contributed by atoms with van der Waals surface area (Å²) in [5.74, 6) is 0.691. The molecule has 0 saturated heterocycles. The molecule has 0 amide bonds. The molecular weight excluding hydrogens is 322 g/mol. The summed E-state index contributed by atoms with van der Waals surface area (Å²) in [6.45, 7) is 0. The first-order valence-corrected chi connectivity index (χ1v) is 7.55. The number of esters is 1. The quantitative estimate of drug-likeness (QED) is 0.415.